The van der Waals surface area contributed by atoms with E-state index >= 15 is 0 Å². The Morgan fingerprint density at radius 3 is 2.52 bits per heavy atom. The molecule has 1 aromatic heterocycles. The maximum absolute atomic E-state index is 13.7. The van der Waals surface area contributed by atoms with Crippen molar-refractivity contribution in [3.63, 3.8) is 0 Å². The molecule has 0 aliphatic rings. The molecule has 3 nitrogen and oxygen atoms in total. The molecular weight excluding hydrogens is 315 g/mol. The Balaban J connectivity index is 1.95. The van der Waals surface area contributed by atoms with Crippen LogP contribution in [0, 0.1) is 5.82 Å². The van der Waals surface area contributed by atoms with Gasteiger partial charge in [0.1, 0.15) is 5.82 Å². The largest absolute Gasteiger partial charge is 0.341 e. The average Bonchev–Trinajstić information content (AvgIpc) is 2.67. The molecule has 1 amide bonds. The van der Waals surface area contributed by atoms with Crippen LogP contribution in [0.25, 0.3) is 0 Å². The van der Waals surface area contributed by atoms with Crippen LogP contribution in [-0.2, 0) is 6.42 Å². The maximum Gasteiger partial charge on any atom is 0.253 e. The average molecular weight is 334 g/mol. The lowest BCUT2D eigenvalue weighted by atomic mass is 9.97. The molecule has 2 aromatic carbocycles. The van der Waals surface area contributed by atoms with E-state index in [1.54, 1.807) is 24.4 Å². The van der Waals surface area contributed by atoms with Gasteiger partial charge in [-0.25, -0.2) is 4.39 Å². The van der Waals surface area contributed by atoms with Crippen LogP contribution in [0.3, 0.4) is 0 Å². The first-order chi connectivity index (χ1) is 12.2. The third-order valence-electron chi connectivity index (χ3n) is 4.10. The molecule has 0 bridgehead atoms. The second-order valence-corrected chi connectivity index (χ2v) is 5.80. The summed E-state index contributed by atoms with van der Waals surface area (Å²) in [6, 6.07) is 17.3. The molecule has 0 spiro atoms. The number of halogens is 1. The van der Waals surface area contributed by atoms with Crippen molar-refractivity contribution < 1.29 is 9.18 Å². The van der Waals surface area contributed by atoms with E-state index in [-0.39, 0.29) is 11.7 Å². The van der Waals surface area contributed by atoms with Crippen LogP contribution in [0.15, 0.2) is 73.1 Å². The van der Waals surface area contributed by atoms with Crippen LogP contribution in [0.4, 0.5) is 4.39 Å². The Labute approximate surface area is 146 Å². The van der Waals surface area contributed by atoms with Gasteiger partial charge in [-0.3, -0.25) is 9.78 Å². The maximum atomic E-state index is 13.7. The smallest absolute Gasteiger partial charge is 0.253 e. The molecule has 3 rings (SSSR count). The van der Waals surface area contributed by atoms with Gasteiger partial charge in [0.25, 0.3) is 5.91 Å². The Hall–Kier alpha value is -3.01. The predicted molar refractivity (Wildman–Crippen MR) is 95.8 cm³/mol. The number of aryl methyl sites for hydroxylation is 1. The van der Waals surface area contributed by atoms with Crippen molar-refractivity contribution in [3.05, 3.63) is 101 Å². The molecule has 0 fully saturated rings. The molecule has 0 aliphatic heterocycles. The summed E-state index contributed by atoms with van der Waals surface area (Å²) in [5.74, 6) is -0.578. The Morgan fingerprint density at radius 2 is 1.88 bits per heavy atom. The number of amides is 1. The van der Waals surface area contributed by atoms with Crippen molar-refractivity contribution >= 4 is 5.91 Å². The van der Waals surface area contributed by atoms with Crippen molar-refractivity contribution in [2.75, 3.05) is 0 Å². The quantitative estimate of drug-likeness (QED) is 0.756. The van der Waals surface area contributed by atoms with Crippen molar-refractivity contribution in [3.8, 4) is 0 Å². The summed E-state index contributed by atoms with van der Waals surface area (Å²) in [5.41, 5.74) is 3.27. The zero-order valence-corrected chi connectivity index (χ0v) is 13.9. The standard InChI is InChI=1S/C21H19FN2O/c1-2-15-8-10-16(11-9-15)20(17-5-3-7-19(22)13-17)24-21(25)18-6-4-12-23-14-18/h3-14,20H,2H2,1H3,(H,24,25). The molecule has 3 aromatic rings. The number of rotatable bonds is 5. The second kappa shape index (κ2) is 7.71. The van der Waals surface area contributed by atoms with E-state index < -0.39 is 6.04 Å². The number of hydrogen-bond acceptors (Lipinski definition) is 2. The van der Waals surface area contributed by atoms with Gasteiger partial charge in [-0.15, -0.1) is 0 Å². The number of nitrogens with zero attached hydrogens (tertiary/aromatic N) is 1. The minimum absolute atomic E-state index is 0.248. The number of nitrogens with one attached hydrogen (secondary N) is 1. The first-order valence-electron chi connectivity index (χ1n) is 8.22. The van der Waals surface area contributed by atoms with Gasteiger partial charge < -0.3 is 5.32 Å². The zero-order chi connectivity index (χ0) is 17.6. The van der Waals surface area contributed by atoms with Crippen LogP contribution < -0.4 is 5.32 Å². The van der Waals surface area contributed by atoms with Crippen LogP contribution in [-0.4, -0.2) is 10.9 Å². The highest BCUT2D eigenvalue weighted by molar-refractivity contribution is 5.94. The van der Waals surface area contributed by atoms with Crippen molar-refractivity contribution in [1.82, 2.24) is 10.3 Å². The Morgan fingerprint density at radius 1 is 1.08 bits per heavy atom. The van der Waals surface area contributed by atoms with E-state index in [1.165, 1.54) is 23.9 Å². The molecule has 1 heterocycles. The molecule has 4 heteroatoms. The molecule has 1 unspecified atom stereocenters. The van der Waals surface area contributed by atoms with Crippen LogP contribution in [0.5, 0.6) is 0 Å². The first kappa shape index (κ1) is 16.8. The third-order valence-corrected chi connectivity index (χ3v) is 4.10. The number of hydrogen-bond donors (Lipinski definition) is 1. The monoisotopic (exact) mass is 334 g/mol. The van der Waals surface area contributed by atoms with Gasteiger partial charge in [-0.05, 0) is 47.4 Å². The highest BCUT2D eigenvalue weighted by atomic mass is 19.1. The molecule has 25 heavy (non-hydrogen) atoms. The summed E-state index contributed by atoms with van der Waals surface area (Å²) in [6.45, 7) is 2.09. The van der Waals surface area contributed by atoms with Crippen LogP contribution in [0.1, 0.15) is 40.0 Å². The van der Waals surface area contributed by atoms with Crippen molar-refractivity contribution in [2.24, 2.45) is 0 Å². The number of carbonyl (C=O) groups excluding carboxylic acids is 1. The Bertz CT molecular complexity index is 847. The van der Waals surface area contributed by atoms with Crippen LogP contribution >= 0.6 is 0 Å². The van der Waals surface area contributed by atoms with Crippen molar-refractivity contribution in [1.29, 1.82) is 0 Å². The van der Waals surface area contributed by atoms with E-state index in [0.29, 0.717) is 11.1 Å². The minimum Gasteiger partial charge on any atom is -0.341 e. The molecule has 126 valence electrons. The molecule has 1 atom stereocenters. The summed E-state index contributed by atoms with van der Waals surface area (Å²) >= 11 is 0. The lowest BCUT2D eigenvalue weighted by Gasteiger charge is -2.20. The van der Waals surface area contributed by atoms with Gasteiger partial charge >= 0.3 is 0 Å². The molecule has 0 saturated heterocycles. The molecule has 0 aliphatic carbocycles. The van der Waals surface area contributed by atoms with Gasteiger partial charge in [0.15, 0.2) is 0 Å². The van der Waals surface area contributed by atoms with Gasteiger partial charge in [0.2, 0.25) is 0 Å². The van der Waals surface area contributed by atoms with Crippen molar-refractivity contribution in [2.45, 2.75) is 19.4 Å². The minimum atomic E-state index is -0.436. The topological polar surface area (TPSA) is 42.0 Å². The van der Waals surface area contributed by atoms with E-state index in [4.69, 9.17) is 0 Å². The van der Waals surface area contributed by atoms with E-state index in [2.05, 4.69) is 17.2 Å². The fourth-order valence-electron chi connectivity index (χ4n) is 2.70. The second-order valence-electron chi connectivity index (χ2n) is 5.80. The van der Waals surface area contributed by atoms with E-state index in [9.17, 15) is 9.18 Å². The first-order valence-corrected chi connectivity index (χ1v) is 8.22. The summed E-state index contributed by atoms with van der Waals surface area (Å²) < 4.78 is 13.7. The number of aromatic nitrogens is 1. The fraction of sp³-hybridized carbons (Fsp3) is 0.143. The summed E-state index contributed by atoms with van der Waals surface area (Å²) in [7, 11) is 0. The Kier molecular flexibility index (Phi) is 5.19. The lowest BCUT2D eigenvalue weighted by molar-refractivity contribution is 0.0942. The number of benzene rings is 2. The molecule has 0 radical (unpaired) electrons. The molecule has 1 N–H and O–H groups in total. The van der Waals surface area contributed by atoms with Gasteiger partial charge in [0, 0.05) is 12.4 Å². The third kappa shape index (κ3) is 4.10. The zero-order valence-electron chi connectivity index (χ0n) is 13.9. The van der Waals surface area contributed by atoms with Gasteiger partial charge in [-0.1, -0.05) is 43.3 Å². The number of pyridine rings is 1. The highest BCUT2D eigenvalue weighted by Crippen LogP contribution is 2.24. The fourth-order valence-corrected chi connectivity index (χ4v) is 2.70. The van der Waals surface area contributed by atoms with E-state index in [0.717, 1.165) is 12.0 Å². The lowest BCUT2D eigenvalue weighted by Crippen LogP contribution is -2.29. The number of carbonyl (C=O) groups is 1. The summed E-state index contributed by atoms with van der Waals surface area (Å²) in [5, 5.41) is 2.98. The predicted octanol–water partition coefficient (Wildman–Crippen LogP) is 4.30. The SMILES string of the molecule is CCc1ccc(C(NC(=O)c2cccnc2)c2cccc(F)c2)cc1. The summed E-state index contributed by atoms with van der Waals surface area (Å²) in [4.78, 5) is 16.5. The van der Waals surface area contributed by atoms with Gasteiger partial charge in [-0.2, -0.15) is 0 Å². The highest BCUT2D eigenvalue weighted by Gasteiger charge is 2.18. The molecular formula is C21H19FN2O. The van der Waals surface area contributed by atoms with Gasteiger partial charge in [0.05, 0.1) is 11.6 Å². The summed E-state index contributed by atoms with van der Waals surface area (Å²) in [6.07, 6.45) is 4.06. The normalized spacial score (nSPS) is 11.8. The van der Waals surface area contributed by atoms with E-state index in [1.807, 2.05) is 30.3 Å². The van der Waals surface area contributed by atoms with Crippen LogP contribution in [0.2, 0.25) is 0 Å². The molecule has 0 saturated carbocycles.